The first-order valence-corrected chi connectivity index (χ1v) is 7.66. The standard InChI is InChI=1S/C20H22N2O/c1-22(2)16-10-9-15-21-20(23)19(17-11-5-3-6-12-17)18-13-7-4-8-14-18/h3-8,11-14,19H,15-16H2,1-2H3,(H,21,23). The van der Waals surface area contributed by atoms with E-state index >= 15 is 0 Å². The fourth-order valence-electron chi connectivity index (χ4n) is 2.30. The molecule has 0 saturated heterocycles. The summed E-state index contributed by atoms with van der Waals surface area (Å²) in [7, 11) is 3.93. The molecule has 2 rings (SSSR count). The fourth-order valence-corrected chi connectivity index (χ4v) is 2.30. The lowest BCUT2D eigenvalue weighted by Crippen LogP contribution is -2.30. The number of nitrogens with one attached hydrogen (secondary N) is 1. The molecule has 1 amide bonds. The van der Waals surface area contributed by atoms with Crippen molar-refractivity contribution in [3.63, 3.8) is 0 Å². The molecule has 0 atom stereocenters. The highest BCUT2D eigenvalue weighted by Crippen LogP contribution is 2.24. The molecule has 0 heterocycles. The summed E-state index contributed by atoms with van der Waals surface area (Å²) in [4.78, 5) is 14.6. The van der Waals surface area contributed by atoms with Gasteiger partial charge in [0.15, 0.2) is 0 Å². The minimum Gasteiger partial charge on any atom is -0.344 e. The van der Waals surface area contributed by atoms with E-state index in [4.69, 9.17) is 0 Å². The SMILES string of the molecule is CN(C)CC#CCNC(=O)C(c1ccccc1)c1ccccc1. The quantitative estimate of drug-likeness (QED) is 0.861. The van der Waals surface area contributed by atoms with Crippen LogP contribution in [0.1, 0.15) is 17.0 Å². The Bertz CT molecular complexity index is 630. The van der Waals surface area contributed by atoms with Crippen LogP contribution in [0.25, 0.3) is 0 Å². The molecule has 0 fully saturated rings. The molecule has 0 aliphatic carbocycles. The number of nitrogens with zero attached hydrogens (tertiary/aromatic N) is 1. The lowest BCUT2D eigenvalue weighted by Gasteiger charge is -2.17. The van der Waals surface area contributed by atoms with Crippen molar-refractivity contribution >= 4 is 5.91 Å². The molecule has 23 heavy (non-hydrogen) atoms. The van der Waals surface area contributed by atoms with Crippen molar-refractivity contribution in [2.75, 3.05) is 27.2 Å². The van der Waals surface area contributed by atoms with Crippen LogP contribution >= 0.6 is 0 Å². The van der Waals surface area contributed by atoms with Crippen molar-refractivity contribution in [1.82, 2.24) is 10.2 Å². The Morgan fingerprint density at radius 1 is 0.957 bits per heavy atom. The predicted octanol–water partition coefficient (Wildman–Crippen LogP) is 2.50. The lowest BCUT2D eigenvalue weighted by molar-refractivity contribution is -0.121. The van der Waals surface area contributed by atoms with Gasteiger partial charge in [-0.1, -0.05) is 72.5 Å². The predicted molar refractivity (Wildman–Crippen MR) is 94.1 cm³/mol. The molecule has 118 valence electrons. The zero-order valence-electron chi connectivity index (χ0n) is 13.6. The highest BCUT2D eigenvalue weighted by Gasteiger charge is 2.21. The lowest BCUT2D eigenvalue weighted by atomic mass is 9.90. The van der Waals surface area contributed by atoms with Crippen LogP contribution in [0.4, 0.5) is 0 Å². The number of carbonyl (C=O) groups is 1. The molecule has 0 saturated carbocycles. The third kappa shape index (κ3) is 5.28. The summed E-state index contributed by atoms with van der Waals surface area (Å²) in [6.45, 7) is 1.06. The zero-order chi connectivity index (χ0) is 16.5. The number of benzene rings is 2. The van der Waals surface area contributed by atoms with Crippen molar-refractivity contribution in [1.29, 1.82) is 0 Å². The third-order valence-corrected chi connectivity index (χ3v) is 3.40. The van der Waals surface area contributed by atoms with E-state index in [2.05, 4.69) is 17.2 Å². The van der Waals surface area contributed by atoms with Crippen LogP contribution in [0.15, 0.2) is 60.7 Å². The molecule has 3 heteroatoms. The van der Waals surface area contributed by atoms with Crippen LogP contribution in [-0.2, 0) is 4.79 Å². The minimum absolute atomic E-state index is 0.0263. The number of rotatable bonds is 5. The van der Waals surface area contributed by atoms with Gasteiger partial charge in [0.05, 0.1) is 19.0 Å². The van der Waals surface area contributed by atoms with Gasteiger partial charge in [-0.2, -0.15) is 0 Å². The van der Waals surface area contributed by atoms with Crippen molar-refractivity contribution in [3.8, 4) is 11.8 Å². The highest BCUT2D eigenvalue weighted by atomic mass is 16.1. The van der Waals surface area contributed by atoms with Gasteiger partial charge in [-0.25, -0.2) is 0 Å². The summed E-state index contributed by atoms with van der Waals surface area (Å²) in [5.41, 5.74) is 1.97. The second-order valence-corrected chi connectivity index (χ2v) is 5.56. The largest absolute Gasteiger partial charge is 0.344 e. The van der Waals surface area contributed by atoms with Crippen molar-refractivity contribution < 1.29 is 4.79 Å². The van der Waals surface area contributed by atoms with E-state index in [0.717, 1.165) is 11.1 Å². The van der Waals surface area contributed by atoms with Gasteiger partial charge in [-0.05, 0) is 25.2 Å². The Hall–Kier alpha value is -2.57. The maximum absolute atomic E-state index is 12.7. The van der Waals surface area contributed by atoms with E-state index in [-0.39, 0.29) is 11.8 Å². The van der Waals surface area contributed by atoms with Gasteiger partial charge >= 0.3 is 0 Å². The Morgan fingerprint density at radius 2 is 1.48 bits per heavy atom. The van der Waals surface area contributed by atoms with E-state index in [0.29, 0.717) is 13.1 Å². The summed E-state index contributed by atoms with van der Waals surface area (Å²) < 4.78 is 0. The first-order valence-electron chi connectivity index (χ1n) is 7.66. The maximum atomic E-state index is 12.7. The molecule has 0 spiro atoms. The monoisotopic (exact) mass is 306 g/mol. The summed E-state index contributed by atoms with van der Waals surface area (Å²) in [5, 5.41) is 2.92. The molecule has 0 aliphatic heterocycles. The van der Waals surface area contributed by atoms with Gasteiger partial charge < -0.3 is 5.32 Å². The molecule has 3 nitrogen and oxygen atoms in total. The first kappa shape index (κ1) is 16.8. The zero-order valence-corrected chi connectivity index (χ0v) is 13.6. The normalized spacial score (nSPS) is 10.3. The summed E-state index contributed by atoms with van der Waals surface area (Å²) in [6.07, 6.45) is 0. The van der Waals surface area contributed by atoms with Gasteiger partial charge in [0.1, 0.15) is 0 Å². The average molecular weight is 306 g/mol. The molecule has 0 bridgehead atoms. The Labute approximate surface area is 138 Å². The van der Waals surface area contributed by atoms with E-state index in [1.54, 1.807) is 0 Å². The molecule has 1 N–H and O–H groups in total. The van der Waals surface area contributed by atoms with Crippen molar-refractivity contribution in [3.05, 3.63) is 71.8 Å². The Balaban J connectivity index is 2.11. The fraction of sp³-hybridized carbons (Fsp3) is 0.250. The van der Waals surface area contributed by atoms with Gasteiger partial charge in [-0.15, -0.1) is 0 Å². The summed E-state index contributed by atoms with van der Waals surface area (Å²) in [6, 6.07) is 19.6. The van der Waals surface area contributed by atoms with Gasteiger partial charge in [-0.3, -0.25) is 9.69 Å². The topological polar surface area (TPSA) is 32.3 Å². The second-order valence-electron chi connectivity index (χ2n) is 5.56. The van der Waals surface area contributed by atoms with Crippen LogP contribution in [0.2, 0.25) is 0 Å². The molecule has 0 aromatic heterocycles. The van der Waals surface area contributed by atoms with Crippen LogP contribution in [0, 0.1) is 11.8 Å². The van der Waals surface area contributed by atoms with Gasteiger partial charge in [0.2, 0.25) is 5.91 Å². The van der Waals surface area contributed by atoms with Gasteiger partial charge in [0.25, 0.3) is 0 Å². The van der Waals surface area contributed by atoms with Crippen LogP contribution in [0.3, 0.4) is 0 Å². The highest BCUT2D eigenvalue weighted by molar-refractivity contribution is 5.87. The van der Waals surface area contributed by atoms with E-state index in [1.165, 1.54) is 0 Å². The number of hydrogen-bond donors (Lipinski definition) is 1. The average Bonchev–Trinajstić information content (AvgIpc) is 2.56. The van der Waals surface area contributed by atoms with Crippen molar-refractivity contribution in [2.24, 2.45) is 0 Å². The number of carbonyl (C=O) groups excluding carboxylic acids is 1. The van der Waals surface area contributed by atoms with Gasteiger partial charge in [0, 0.05) is 0 Å². The molecular weight excluding hydrogens is 284 g/mol. The van der Waals surface area contributed by atoms with E-state index in [9.17, 15) is 4.79 Å². The Morgan fingerprint density at radius 3 is 1.96 bits per heavy atom. The number of hydrogen-bond acceptors (Lipinski definition) is 2. The molecule has 0 radical (unpaired) electrons. The van der Waals surface area contributed by atoms with E-state index < -0.39 is 0 Å². The number of amides is 1. The molecule has 0 unspecified atom stereocenters. The summed E-state index contributed by atoms with van der Waals surface area (Å²) >= 11 is 0. The third-order valence-electron chi connectivity index (χ3n) is 3.40. The maximum Gasteiger partial charge on any atom is 0.232 e. The molecule has 2 aromatic carbocycles. The van der Waals surface area contributed by atoms with E-state index in [1.807, 2.05) is 79.7 Å². The minimum atomic E-state index is -0.312. The van der Waals surface area contributed by atoms with Crippen LogP contribution in [0.5, 0.6) is 0 Å². The van der Waals surface area contributed by atoms with Crippen LogP contribution < -0.4 is 5.32 Å². The Kier molecular flexibility index (Phi) is 6.40. The smallest absolute Gasteiger partial charge is 0.232 e. The second kappa shape index (κ2) is 8.77. The molecule has 2 aromatic rings. The molecule has 0 aliphatic rings. The molecular formula is C20H22N2O. The first-order chi connectivity index (χ1) is 11.2. The van der Waals surface area contributed by atoms with Crippen molar-refractivity contribution in [2.45, 2.75) is 5.92 Å². The van der Waals surface area contributed by atoms with Crippen LogP contribution in [-0.4, -0.2) is 38.0 Å². The summed E-state index contributed by atoms with van der Waals surface area (Å²) in [5.74, 6) is 5.66.